The predicted octanol–water partition coefficient (Wildman–Crippen LogP) is 2.61. The van der Waals surface area contributed by atoms with Gasteiger partial charge in [0.05, 0.1) is 5.69 Å². The van der Waals surface area contributed by atoms with Gasteiger partial charge in [-0.1, -0.05) is 0 Å². The molecule has 2 aromatic rings. The summed E-state index contributed by atoms with van der Waals surface area (Å²) in [5.41, 5.74) is 2.42. The lowest BCUT2D eigenvalue weighted by Gasteiger charge is -2.19. The van der Waals surface area contributed by atoms with Crippen LogP contribution in [-0.2, 0) is 4.74 Å². The Labute approximate surface area is 101 Å². The quantitative estimate of drug-likeness (QED) is 0.798. The minimum absolute atomic E-state index is 0.478. The molecule has 4 heteroatoms. The smallest absolute Gasteiger partial charge is 0.136 e. The molecule has 0 atom stereocenters. The zero-order valence-electron chi connectivity index (χ0n) is 10.5. The monoisotopic (exact) mass is 233 g/mol. The van der Waals surface area contributed by atoms with Crippen molar-refractivity contribution in [1.82, 2.24) is 14.2 Å². The molecular weight excluding hydrogens is 214 g/mol. The second-order valence-electron chi connectivity index (χ2n) is 5.06. The van der Waals surface area contributed by atoms with Crippen LogP contribution < -0.4 is 0 Å². The Morgan fingerprint density at radius 1 is 1.29 bits per heavy atom. The van der Waals surface area contributed by atoms with Crippen LogP contribution in [0, 0.1) is 0 Å². The highest BCUT2D eigenvalue weighted by atomic mass is 16.5. The molecule has 0 radical (unpaired) electrons. The molecule has 0 aromatic carbocycles. The van der Waals surface area contributed by atoms with Gasteiger partial charge in [0.15, 0.2) is 0 Å². The van der Waals surface area contributed by atoms with Crippen molar-refractivity contribution in [1.29, 1.82) is 0 Å². The summed E-state index contributed by atoms with van der Waals surface area (Å²) in [6.07, 6.45) is 6.34. The van der Waals surface area contributed by atoms with Gasteiger partial charge >= 0.3 is 0 Å². The molecule has 0 spiro atoms. The second kappa shape index (κ2) is 4.18. The van der Waals surface area contributed by atoms with Crippen LogP contribution >= 0.6 is 0 Å². The average molecular weight is 233 g/mol. The summed E-state index contributed by atoms with van der Waals surface area (Å²) in [5.74, 6) is 0.573. The third kappa shape index (κ3) is 1.86. The molecule has 3 rings (SSSR count). The van der Waals surface area contributed by atoms with Gasteiger partial charge in [-0.2, -0.15) is 5.10 Å². The Kier molecular flexibility index (Phi) is 2.67. The summed E-state index contributed by atoms with van der Waals surface area (Å²) in [5, 5.41) is 4.68. The maximum Gasteiger partial charge on any atom is 0.136 e. The van der Waals surface area contributed by atoms with Crippen molar-refractivity contribution in [2.24, 2.45) is 0 Å². The minimum atomic E-state index is 0.478. The number of ether oxygens (including phenoxy) is 1. The maximum atomic E-state index is 5.40. The molecule has 92 valence electrons. The summed E-state index contributed by atoms with van der Waals surface area (Å²) in [6.45, 7) is 6.13. The molecule has 3 heterocycles. The van der Waals surface area contributed by atoms with Gasteiger partial charge in [-0.3, -0.25) is 0 Å². The fourth-order valence-corrected chi connectivity index (χ4v) is 2.55. The van der Waals surface area contributed by atoms with Gasteiger partial charge in [0.25, 0.3) is 0 Å². The first-order chi connectivity index (χ1) is 8.25. The van der Waals surface area contributed by atoms with E-state index < -0.39 is 0 Å². The number of imidazole rings is 1. The molecule has 1 aliphatic heterocycles. The van der Waals surface area contributed by atoms with Crippen LogP contribution in [0.4, 0.5) is 0 Å². The van der Waals surface area contributed by atoms with Crippen LogP contribution in [0.3, 0.4) is 0 Å². The topological polar surface area (TPSA) is 31.5 Å². The van der Waals surface area contributed by atoms with Gasteiger partial charge in [-0.05, 0) is 26.7 Å². The summed E-state index contributed by atoms with van der Waals surface area (Å²) >= 11 is 0. The van der Waals surface area contributed by atoms with Gasteiger partial charge < -0.3 is 9.30 Å². The van der Waals surface area contributed by atoms with E-state index in [0.717, 1.165) is 26.1 Å². The van der Waals surface area contributed by atoms with Crippen molar-refractivity contribution in [3.63, 3.8) is 0 Å². The molecule has 0 unspecified atom stereocenters. The zero-order chi connectivity index (χ0) is 11.8. The van der Waals surface area contributed by atoms with E-state index in [2.05, 4.69) is 35.8 Å². The van der Waals surface area contributed by atoms with Gasteiger partial charge in [0.1, 0.15) is 5.65 Å². The average Bonchev–Trinajstić information content (AvgIpc) is 2.88. The van der Waals surface area contributed by atoms with Gasteiger partial charge in [0.2, 0.25) is 0 Å². The maximum absolute atomic E-state index is 5.40. The van der Waals surface area contributed by atoms with E-state index in [4.69, 9.17) is 4.74 Å². The van der Waals surface area contributed by atoms with Gasteiger partial charge in [0, 0.05) is 43.6 Å². The molecule has 2 aromatic heterocycles. The lowest BCUT2D eigenvalue weighted by molar-refractivity contribution is 0.0844. The van der Waals surface area contributed by atoms with Crippen molar-refractivity contribution in [3.05, 3.63) is 24.2 Å². The summed E-state index contributed by atoms with van der Waals surface area (Å²) in [6, 6.07) is 2.71. The number of hydrogen-bond acceptors (Lipinski definition) is 2. The van der Waals surface area contributed by atoms with Crippen LogP contribution in [-0.4, -0.2) is 27.4 Å². The van der Waals surface area contributed by atoms with Crippen molar-refractivity contribution in [3.8, 4) is 0 Å². The molecule has 4 nitrogen and oxygen atoms in total. The van der Waals surface area contributed by atoms with Crippen molar-refractivity contribution in [2.75, 3.05) is 13.2 Å². The third-order valence-corrected chi connectivity index (χ3v) is 3.56. The molecule has 0 bridgehead atoms. The normalized spacial score (nSPS) is 18.3. The molecule has 17 heavy (non-hydrogen) atoms. The predicted molar refractivity (Wildman–Crippen MR) is 66.4 cm³/mol. The van der Waals surface area contributed by atoms with Gasteiger partial charge in [-0.25, -0.2) is 4.52 Å². The summed E-state index contributed by atoms with van der Waals surface area (Å²) in [4.78, 5) is 0. The molecule has 1 aliphatic rings. The standard InChI is InChI=1S/C13H19N3O/c1-10(2)15-5-6-16-13(15)9-12(14-16)11-3-7-17-8-4-11/h5-6,9-11H,3-4,7-8H2,1-2H3. The molecule has 0 N–H and O–H groups in total. The largest absolute Gasteiger partial charge is 0.381 e. The van der Waals surface area contributed by atoms with E-state index in [0.29, 0.717) is 12.0 Å². The first kappa shape index (κ1) is 10.8. The highest BCUT2D eigenvalue weighted by molar-refractivity contribution is 5.42. The number of hydrogen-bond donors (Lipinski definition) is 0. The Hall–Kier alpha value is -1.29. The summed E-state index contributed by atoms with van der Waals surface area (Å²) < 4.78 is 9.65. The Balaban J connectivity index is 1.95. The van der Waals surface area contributed by atoms with E-state index in [9.17, 15) is 0 Å². The van der Waals surface area contributed by atoms with Crippen LogP contribution in [0.1, 0.15) is 44.3 Å². The number of nitrogens with zero attached hydrogens (tertiary/aromatic N) is 3. The molecule has 0 aliphatic carbocycles. The van der Waals surface area contributed by atoms with E-state index in [1.165, 1.54) is 11.3 Å². The Morgan fingerprint density at radius 2 is 2.06 bits per heavy atom. The van der Waals surface area contributed by atoms with Crippen molar-refractivity contribution >= 4 is 5.65 Å². The molecule has 1 saturated heterocycles. The highest BCUT2D eigenvalue weighted by Crippen LogP contribution is 2.27. The molecule has 1 fully saturated rings. The van der Waals surface area contributed by atoms with Crippen molar-refractivity contribution in [2.45, 2.75) is 38.6 Å². The lowest BCUT2D eigenvalue weighted by Crippen LogP contribution is -2.14. The summed E-state index contributed by atoms with van der Waals surface area (Å²) in [7, 11) is 0. The molecular formula is C13H19N3O. The highest BCUT2D eigenvalue weighted by Gasteiger charge is 2.20. The van der Waals surface area contributed by atoms with Crippen LogP contribution in [0.2, 0.25) is 0 Å². The SMILES string of the molecule is CC(C)n1ccn2nc(C3CCOCC3)cc12. The van der Waals surface area contributed by atoms with Crippen LogP contribution in [0.25, 0.3) is 5.65 Å². The lowest BCUT2D eigenvalue weighted by atomic mass is 9.97. The van der Waals surface area contributed by atoms with Crippen LogP contribution in [0.5, 0.6) is 0 Å². The molecule has 0 amide bonds. The fraction of sp³-hybridized carbons (Fsp3) is 0.615. The van der Waals surface area contributed by atoms with Crippen molar-refractivity contribution < 1.29 is 4.74 Å². The number of fused-ring (bicyclic) bond motifs is 1. The van der Waals surface area contributed by atoms with E-state index in [1.54, 1.807) is 0 Å². The molecule has 0 saturated carbocycles. The van der Waals surface area contributed by atoms with E-state index >= 15 is 0 Å². The number of rotatable bonds is 2. The Bertz CT molecular complexity index is 506. The van der Waals surface area contributed by atoms with E-state index in [1.807, 2.05) is 10.7 Å². The third-order valence-electron chi connectivity index (χ3n) is 3.56. The Morgan fingerprint density at radius 3 is 2.76 bits per heavy atom. The van der Waals surface area contributed by atoms with Crippen LogP contribution in [0.15, 0.2) is 18.5 Å². The fourth-order valence-electron chi connectivity index (χ4n) is 2.55. The zero-order valence-corrected chi connectivity index (χ0v) is 10.5. The first-order valence-corrected chi connectivity index (χ1v) is 6.39. The van der Waals surface area contributed by atoms with E-state index in [-0.39, 0.29) is 0 Å². The number of aromatic nitrogens is 3. The minimum Gasteiger partial charge on any atom is -0.381 e. The van der Waals surface area contributed by atoms with Gasteiger partial charge in [-0.15, -0.1) is 0 Å². The first-order valence-electron chi connectivity index (χ1n) is 6.39. The second-order valence-corrected chi connectivity index (χ2v) is 5.06.